The second kappa shape index (κ2) is 9.33. The zero-order chi connectivity index (χ0) is 22.6. The van der Waals surface area contributed by atoms with Crippen LogP contribution in [0.25, 0.3) is 0 Å². The van der Waals surface area contributed by atoms with Crippen LogP contribution in [0.15, 0.2) is 77.4 Å². The molecule has 5 rings (SSSR count). The van der Waals surface area contributed by atoms with Gasteiger partial charge < -0.3 is 9.32 Å². The number of tetrazole rings is 1. The summed E-state index contributed by atoms with van der Waals surface area (Å²) in [6, 6.07) is 19.6. The van der Waals surface area contributed by atoms with Crippen molar-refractivity contribution in [2.45, 2.75) is 12.6 Å². The van der Waals surface area contributed by atoms with E-state index < -0.39 is 0 Å². The summed E-state index contributed by atoms with van der Waals surface area (Å²) < 4.78 is 20.4. The molecular formula is C24H23FN6O2. The first-order valence-electron chi connectivity index (χ1n) is 10.8. The van der Waals surface area contributed by atoms with Gasteiger partial charge in [-0.2, -0.15) is 0 Å². The number of rotatable bonds is 6. The maximum atomic E-state index is 13.3. The number of carbonyl (C=O) groups is 1. The Bertz CT molecular complexity index is 1190. The SMILES string of the molecule is O=C(c1ccco1)N1CCN(C(c2ccccc2)c2nnnn2Cc2ccc(F)cc2)CC1. The molecule has 1 atom stereocenters. The zero-order valence-corrected chi connectivity index (χ0v) is 17.9. The van der Waals surface area contributed by atoms with Gasteiger partial charge in [-0.1, -0.05) is 42.5 Å². The number of carbonyl (C=O) groups excluding carboxylic acids is 1. The van der Waals surface area contributed by atoms with Crippen molar-refractivity contribution < 1.29 is 13.6 Å². The Labute approximate surface area is 190 Å². The van der Waals surface area contributed by atoms with E-state index in [-0.39, 0.29) is 17.8 Å². The summed E-state index contributed by atoms with van der Waals surface area (Å²) in [7, 11) is 0. The van der Waals surface area contributed by atoms with Crippen LogP contribution in [0.4, 0.5) is 4.39 Å². The molecule has 33 heavy (non-hydrogen) atoms. The molecule has 1 aliphatic rings. The van der Waals surface area contributed by atoms with E-state index in [1.807, 2.05) is 18.2 Å². The van der Waals surface area contributed by atoms with Gasteiger partial charge in [0, 0.05) is 26.2 Å². The fraction of sp³-hybridized carbons (Fsp3) is 0.250. The Morgan fingerprint density at radius 3 is 2.42 bits per heavy atom. The third-order valence-electron chi connectivity index (χ3n) is 5.86. The van der Waals surface area contributed by atoms with E-state index in [9.17, 15) is 9.18 Å². The van der Waals surface area contributed by atoms with Crippen molar-refractivity contribution in [1.29, 1.82) is 0 Å². The average Bonchev–Trinajstić information content (AvgIpc) is 3.55. The average molecular weight is 446 g/mol. The van der Waals surface area contributed by atoms with Crippen LogP contribution in [-0.2, 0) is 6.54 Å². The smallest absolute Gasteiger partial charge is 0.289 e. The van der Waals surface area contributed by atoms with Crippen LogP contribution in [0.2, 0.25) is 0 Å². The van der Waals surface area contributed by atoms with Crippen LogP contribution in [0.5, 0.6) is 0 Å². The summed E-state index contributed by atoms with van der Waals surface area (Å²) in [5.41, 5.74) is 1.98. The van der Waals surface area contributed by atoms with Gasteiger partial charge in [0.15, 0.2) is 11.6 Å². The second-order valence-electron chi connectivity index (χ2n) is 7.94. The van der Waals surface area contributed by atoms with Crippen LogP contribution in [0.1, 0.15) is 33.5 Å². The molecule has 0 N–H and O–H groups in total. The normalized spacial score (nSPS) is 15.5. The summed E-state index contributed by atoms with van der Waals surface area (Å²) in [6.45, 7) is 2.90. The van der Waals surface area contributed by atoms with Gasteiger partial charge in [-0.25, -0.2) is 9.07 Å². The van der Waals surface area contributed by atoms with Gasteiger partial charge in [-0.05, 0) is 45.8 Å². The molecule has 0 aliphatic carbocycles. The number of piperazine rings is 1. The molecular weight excluding hydrogens is 423 g/mol. The number of amides is 1. The fourth-order valence-corrected chi connectivity index (χ4v) is 4.18. The minimum Gasteiger partial charge on any atom is -0.459 e. The minimum absolute atomic E-state index is 0.0999. The van der Waals surface area contributed by atoms with E-state index in [2.05, 4.69) is 32.6 Å². The first-order chi connectivity index (χ1) is 16.2. The van der Waals surface area contributed by atoms with Crippen molar-refractivity contribution in [3.05, 3.63) is 102 Å². The van der Waals surface area contributed by atoms with Crippen molar-refractivity contribution in [2.24, 2.45) is 0 Å². The summed E-state index contributed by atoms with van der Waals surface area (Å²) in [4.78, 5) is 16.8. The standard InChI is InChI=1S/C24H23FN6O2/c25-20-10-8-18(9-11-20)17-31-23(26-27-28-31)22(19-5-2-1-3-6-19)29-12-14-30(15-13-29)24(32)21-7-4-16-33-21/h1-11,16,22H,12-15,17H2. The van der Waals surface area contributed by atoms with E-state index in [0.29, 0.717) is 44.3 Å². The van der Waals surface area contributed by atoms with E-state index in [1.54, 1.807) is 33.8 Å². The molecule has 3 heterocycles. The third kappa shape index (κ3) is 4.54. The lowest BCUT2D eigenvalue weighted by molar-refractivity contribution is 0.0559. The Morgan fingerprint density at radius 2 is 1.73 bits per heavy atom. The van der Waals surface area contributed by atoms with Gasteiger partial charge in [0.05, 0.1) is 18.8 Å². The van der Waals surface area contributed by atoms with E-state index >= 15 is 0 Å². The maximum Gasteiger partial charge on any atom is 0.289 e. The molecule has 0 spiro atoms. The maximum absolute atomic E-state index is 13.3. The Hall–Kier alpha value is -3.85. The van der Waals surface area contributed by atoms with Crippen molar-refractivity contribution in [3.63, 3.8) is 0 Å². The highest BCUT2D eigenvalue weighted by molar-refractivity contribution is 5.91. The van der Waals surface area contributed by atoms with Crippen molar-refractivity contribution in [2.75, 3.05) is 26.2 Å². The van der Waals surface area contributed by atoms with E-state index in [4.69, 9.17) is 4.42 Å². The zero-order valence-electron chi connectivity index (χ0n) is 17.9. The molecule has 168 valence electrons. The van der Waals surface area contributed by atoms with Gasteiger partial charge in [-0.3, -0.25) is 9.69 Å². The lowest BCUT2D eigenvalue weighted by atomic mass is 10.0. The van der Waals surface area contributed by atoms with E-state index in [0.717, 1.165) is 11.1 Å². The predicted octanol–water partition coefficient (Wildman–Crippen LogP) is 3.00. The van der Waals surface area contributed by atoms with Crippen LogP contribution in [-0.4, -0.2) is 62.1 Å². The molecule has 8 nitrogen and oxygen atoms in total. The number of nitrogens with zero attached hydrogens (tertiary/aromatic N) is 6. The molecule has 9 heteroatoms. The summed E-state index contributed by atoms with van der Waals surface area (Å²) in [6.07, 6.45) is 1.51. The molecule has 0 radical (unpaired) electrons. The molecule has 4 aromatic rings. The number of furan rings is 1. The number of halogens is 1. The number of hydrogen-bond donors (Lipinski definition) is 0. The van der Waals surface area contributed by atoms with Gasteiger partial charge in [0.2, 0.25) is 0 Å². The molecule has 0 saturated carbocycles. The Morgan fingerprint density at radius 1 is 0.970 bits per heavy atom. The van der Waals surface area contributed by atoms with Crippen molar-refractivity contribution in [1.82, 2.24) is 30.0 Å². The predicted molar refractivity (Wildman–Crippen MR) is 118 cm³/mol. The fourth-order valence-electron chi connectivity index (χ4n) is 4.18. The highest BCUT2D eigenvalue weighted by atomic mass is 19.1. The van der Waals surface area contributed by atoms with Gasteiger partial charge in [0.25, 0.3) is 5.91 Å². The Balaban J connectivity index is 1.39. The third-order valence-corrected chi connectivity index (χ3v) is 5.86. The van der Waals surface area contributed by atoms with E-state index in [1.165, 1.54) is 18.4 Å². The largest absolute Gasteiger partial charge is 0.459 e. The summed E-state index contributed by atoms with van der Waals surface area (Å²) in [5.74, 6) is 0.680. The molecule has 2 aromatic carbocycles. The van der Waals surface area contributed by atoms with Crippen LogP contribution in [0, 0.1) is 5.82 Å². The van der Waals surface area contributed by atoms with Crippen molar-refractivity contribution in [3.8, 4) is 0 Å². The molecule has 0 bridgehead atoms. The molecule has 1 fully saturated rings. The summed E-state index contributed by atoms with van der Waals surface area (Å²) in [5, 5.41) is 12.5. The summed E-state index contributed by atoms with van der Waals surface area (Å²) >= 11 is 0. The second-order valence-corrected chi connectivity index (χ2v) is 7.94. The molecule has 2 aromatic heterocycles. The molecule has 1 aliphatic heterocycles. The van der Waals surface area contributed by atoms with Gasteiger partial charge in [-0.15, -0.1) is 5.10 Å². The highest BCUT2D eigenvalue weighted by Crippen LogP contribution is 2.28. The first kappa shape index (κ1) is 21.0. The Kier molecular flexibility index (Phi) is 5.95. The lowest BCUT2D eigenvalue weighted by Gasteiger charge is -2.38. The van der Waals surface area contributed by atoms with Crippen LogP contribution >= 0.6 is 0 Å². The lowest BCUT2D eigenvalue weighted by Crippen LogP contribution is -2.50. The molecule has 1 amide bonds. The minimum atomic E-state index is -0.278. The number of benzene rings is 2. The van der Waals surface area contributed by atoms with Gasteiger partial charge >= 0.3 is 0 Å². The van der Waals surface area contributed by atoms with Crippen molar-refractivity contribution >= 4 is 5.91 Å². The number of aromatic nitrogens is 4. The monoisotopic (exact) mass is 446 g/mol. The van der Waals surface area contributed by atoms with Crippen LogP contribution < -0.4 is 0 Å². The van der Waals surface area contributed by atoms with Gasteiger partial charge in [0.1, 0.15) is 5.82 Å². The highest BCUT2D eigenvalue weighted by Gasteiger charge is 2.32. The topological polar surface area (TPSA) is 80.3 Å². The molecule has 1 saturated heterocycles. The number of hydrogen-bond acceptors (Lipinski definition) is 6. The quantitative estimate of drug-likeness (QED) is 0.453. The first-order valence-corrected chi connectivity index (χ1v) is 10.8. The molecule has 1 unspecified atom stereocenters. The van der Waals surface area contributed by atoms with Crippen LogP contribution in [0.3, 0.4) is 0 Å².